The molecular formula is C26H22F6N6O2. The minimum Gasteiger partial charge on any atom is -0.406 e. The molecule has 4 aromatic rings. The van der Waals surface area contributed by atoms with Gasteiger partial charge in [0.1, 0.15) is 17.3 Å². The van der Waals surface area contributed by atoms with Gasteiger partial charge in [0.05, 0.1) is 18.3 Å². The number of ether oxygens (including phenoxy) is 1. The third-order valence-corrected chi connectivity index (χ3v) is 6.37. The highest BCUT2D eigenvalue weighted by molar-refractivity contribution is 5.84. The quantitative estimate of drug-likeness (QED) is 0.330. The van der Waals surface area contributed by atoms with E-state index in [0.717, 1.165) is 12.1 Å². The monoisotopic (exact) mass is 564 g/mol. The Kier molecular flexibility index (Phi) is 7.17. The molecule has 2 aromatic carbocycles. The molecular weight excluding hydrogens is 542 g/mol. The van der Waals surface area contributed by atoms with Gasteiger partial charge in [0.25, 0.3) is 0 Å². The molecule has 0 radical (unpaired) electrons. The molecule has 1 saturated heterocycles. The van der Waals surface area contributed by atoms with Gasteiger partial charge in [-0.3, -0.25) is 14.2 Å². The van der Waals surface area contributed by atoms with Gasteiger partial charge in [0.2, 0.25) is 5.91 Å². The van der Waals surface area contributed by atoms with Crippen LogP contribution >= 0.6 is 0 Å². The lowest BCUT2D eigenvalue weighted by atomic mass is 10.1. The van der Waals surface area contributed by atoms with Crippen LogP contribution in [0.25, 0.3) is 16.9 Å². The summed E-state index contributed by atoms with van der Waals surface area (Å²) in [6.07, 6.45) is -4.59. The maximum absolute atomic E-state index is 13.1. The van der Waals surface area contributed by atoms with Crippen LogP contribution < -0.4 is 15.0 Å². The molecule has 210 valence electrons. The SMILES string of the molecule is O=C(CNc1c(-c2ccc(OC(F)(F)F)cc2)nc2cnccn12)N1CCN(c2cccc(C(F)(F)F)c2)CC1. The number of aromatic nitrogens is 3. The number of carbonyl (C=O) groups is 1. The summed E-state index contributed by atoms with van der Waals surface area (Å²) in [5.74, 6) is -0.166. The average molecular weight is 564 g/mol. The number of imidazole rings is 1. The van der Waals surface area contributed by atoms with E-state index in [9.17, 15) is 31.1 Å². The first-order valence-electron chi connectivity index (χ1n) is 12.1. The Morgan fingerprint density at radius 1 is 0.975 bits per heavy atom. The standard InChI is InChI=1S/C26H22F6N6O2/c27-25(28,29)18-2-1-3-19(14-18)36-10-12-37(13-11-36)22(39)16-34-24-23(35-21-15-33-8-9-38(21)24)17-4-6-20(7-5-17)40-26(30,31)32/h1-9,14-15,34H,10-13,16H2. The highest BCUT2D eigenvalue weighted by Crippen LogP contribution is 2.33. The first-order chi connectivity index (χ1) is 19.0. The number of alkyl halides is 6. The molecule has 0 bridgehead atoms. The summed E-state index contributed by atoms with van der Waals surface area (Å²) >= 11 is 0. The summed E-state index contributed by atoms with van der Waals surface area (Å²) in [5.41, 5.74) is 1.05. The molecule has 5 rings (SSSR count). The molecule has 1 fully saturated rings. The van der Waals surface area contributed by atoms with Crippen molar-refractivity contribution in [3.8, 4) is 17.0 Å². The fraction of sp³-hybridized carbons (Fsp3) is 0.269. The zero-order chi connectivity index (χ0) is 28.5. The van der Waals surface area contributed by atoms with E-state index in [1.54, 1.807) is 26.5 Å². The highest BCUT2D eigenvalue weighted by atomic mass is 19.4. The summed E-state index contributed by atoms with van der Waals surface area (Å²) in [5, 5.41) is 3.08. The average Bonchev–Trinajstić information content (AvgIpc) is 3.29. The maximum Gasteiger partial charge on any atom is 0.573 e. The van der Waals surface area contributed by atoms with Crippen LogP contribution in [0.2, 0.25) is 0 Å². The fourth-order valence-corrected chi connectivity index (χ4v) is 4.46. The van der Waals surface area contributed by atoms with Crippen molar-refractivity contribution in [2.75, 3.05) is 42.9 Å². The van der Waals surface area contributed by atoms with Crippen molar-refractivity contribution < 1.29 is 35.9 Å². The largest absolute Gasteiger partial charge is 0.573 e. The Morgan fingerprint density at radius 2 is 1.70 bits per heavy atom. The number of halogens is 6. The van der Waals surface area contributed by atoms with Gasteiger partial charge in [0.15, 0.2) is 5.65 Å². The first-order valence-corrected chi connectivity index (χ1v) is 12.1. The van der Waals surface area contributed by atoms with Gasteiger partial charge in [-0.1, -0.05) is 6.07 Å². The molecule has 40 heavy (non-hydrogen) atoms. The molecule has 0 spiro atoms. The van der Waals surface area contributed by atoms with E-state index in [1.807, 2.05) is 0 Å². The van der Waals surface area contributed by atoms with Crippen molar-refractivity contribution >= 4 is 23.1 Å². The Labute approximate surface area is 223 Å². The molecule has 2 aromatic heterocycles. The number of nitrogens with one attached hydrogen (secondary N) is 1. The number of nitrogens with zero attached hydrogens (tertiary/aromatic N) is 5. The summed E-state index contributed by atoms with van der Waals surface area (Å²) in [7, 11) is 0. The van der Waals surface area contributed by atoms with Crippen molar-refractivity contribution in [1.29, 1.82) is 0 Å². The highest BCUT2D eigenvalue weighted by Gasteiger charge is 2.32. The molecule has 1 N–H and O–H groups in total. The van der Waals surface area contributed by atoms with E-state index in [1.165, 1.54) is 42.7 Å². The van der Waals surface area contributed by atoms with E-state index >= 15 is 0 Å². The van der Waals surface area contributed by atoms with E-state index in [0.29, 0.717) is 54.6 Å². The Bertz CT molecular complexity index is 1490. The minimum absolute atomic E-state index is 0.109. The molecule has 1 amide bonds. The number of anilines is 2. The first kappa shape index (κ1) is 27.1. The lowest BCUT2D eigenvalue weighted by Crippen LogP contribution is -2.50. The van der Waals surface area contributed by atoms with Crippen LogP contribution in [0.1, 0.15) is 5.56 Å². The molecule has 1 aliphatic rings. The molecule has 1 aliphatic heterocycles. The molecule has 0 saturated carbocycles. The number of hydrogen-bond donors (Lipinski definition) is 1. The number of piperazine rings is 1. The van der Waals surface area contributed by atoms with Gasteiger partial charge in [0, 0.05) is 49.8 Å². The van der Waals surface area contributed by atoms with Crippen molar-refractivity contribution in [3.63, 3.8) is 0 Å². The van der Waals surface area contributed by atoms with Gasteiger partial charge in [-0.25, -0.2) is 4.98 Å². The van der Waals surface area contributed by atoms with Gasteiger partial charge >= 0.3 is 12.5 Å². The summed E-state index contributed by atoms with van der Waals surface area (Å²) in [6, 6.07) is 10.3. The van der Waals surface area contributed by atoms with Crippen molar-refractivity contribution in [3.05, 3.63) is 72.7 Å². The third-order valence-electron chi connectivity index (χ3n) is 6.37. The van der Waals surface area contributed by atoms with Crippen molar-refractivity contribution in [2.45, 2.75) is 12.5 Å². The lowest BCUT2D eigenvalue weighted by molar-refractivity contribution is -0.274. The van der Waals surface area contributed by atoms with Crippen molar-refractivity contribution in [1.82, 2.24) is 19.3 Å². The summed E-state index contributed by atoms with van der Waals surface area (Å²) < 4.78 is 82.4. The number of rotatable bonds is 6. The Balaban J connectivity index is 1.26. The van der Waals surface area contributed by atoms with E-state index < -0.39 is 18.1 Å². The number of carbonyl (C=O) groups excluding carboxylic acids is 1. The van der Waals surface area contributed by atoms with Gasteiger partial charge in [-0.05, 0) is 42.5 Å². The van der Waals surface area contributed by atoms with Gasteiger partial charge < -0.3 is 19.9 Å². The number of fused-ring (bicyclic) bond motifs is 1. The van der Waals surface area contributed by atoms with Crippen LogP contribution in [0.15, 0.2) is 67.1 Å². The fourth-order valence-electron chi connectivity index (χ4n) is 4.46. The van der Waals surface area contributed by atoms with E-state index in [2.05, 4.69) is 20.0 Å². The van der Waals surface area contributed by atoms with Crippen LogP contribution in [-0.4, -0.2) is 64.3 Å². The molecule has 14 heteroatoms. The number of hydrogen-bond acceptors (Lipinski definition) is 6. The van der Waals surface area contributed by atoms with Gasteiger partial charge in [-0.2, -0.15) is 13.2 Å². The summed E-state index contributed by atoms with van der Waals surface area (Å²) in [4.78, 5) is 25.0. The van der Waals surface area contributed by atoms with Gasteiger partial charge in [-0.15, -0.1) is 13.2 Å². The Hall–Kier alpha value is -4.49. The zero-order valence-corrected chi connectivity index (χ0v) is 20.7. The smallest absolute Gasteiger partial charge is 0.406 e. The number of amides is 1. The molecule has 0 unspecified atom stereocenters. The van der Waals surface area contributed by atoms with Crippen LogP contribution in [0.5, 0.6) is 5.75 Å². The second-order valence-electron chi connectivity index (χ2n) is 8.96. The van der Waals surface area contributed by atoms with Crippen LogP contribution in [-0.2, 0) is 11.0 Å². The number of benzene rings is 2. The topological polar surface area (TPSA) is 75.0 Å². The van der Waals surface area contributed by atoms with E-state index in [-0.39, 0.29) is 18.2 Å². The second kappa shape index (κ2) is 10.6. The Morgan fingerprint density at radius 3 is 2.38 bits per heavy atom. The predicted octanol–water partition coefficient (Wildman–Crippen LogP) is 5.07. The second-order valence-corrected chi connectivity index (χ2v) is 8.96. The molecule has 0 atom stereocenters. The normalized spacial score (nSPS) is 14.4. The lowest BCUT2D eigenvalue weighted by Gasteiger charge is -2.36. The van der Waals surface area contributed by atoms with Crippen molar-refractivity contribution in [2.24, 2.45) is 0 Å². The summed E-state index contributed by atoms with van der Waals surface area (Å²) in [6.45, 7) is 1.27. The van der Waals surface area contributed by atoms with Crippen LogP contribution in [0, 0.1) is 0 Å². The zero-order valence-electron chi connectivity index (χ0n) is 20.7. The van der Waals surface area contributed by atoms with Crippen LogP contribution in [0.4, 0.5) is 37.8 Å². The third kappa shape index (κ3) is 6.05. The van der Waals surface area contributed by atoms with E-state index in [4.69, 9.17) is 0 Å². The van der Waals surface area contributed by atoms with Crippen LogP contribution in [0.3, 0.4) is 0 Å². The minimum atomic E-state index is -4.82. The molecule has 0 aliphatic carbocycles. The molecule has 8 nitrogen and oxygen atoms in total. The maximum atomic E-state index is 13.1. The molecule has 3 heterocycles. The predicted molar refractivity (Wildman–Crippen MR) is 134 cm³/mol.